The first-order valence-corrected chi connectivity index (χ1v) is 5.99. The molecule has 4 nitrogen and oxygen atoms in total. The highest BCUT2D eigenvalue weighted by Gasteiger charge is 2.14. The average Bonchev–Trinajstić information content (AvgIpc) is 2.34. The van der Waals surface area contributed by atoms with E-state index in [1.165, 1.54) is 17.7 Å². The molecule has 0 aliphatic rings. The van der Waals surface area contributed by atoms with Gasteiger partial charge in [0.05, 0.1) is 13.7 Å². The van der Waals surface area contributed by atoms with Crippen LogP contribution in [0, 0.1) is 0 Å². The number of hydrogen-bond donors (Lipinski definition) is 1. The lowest BCUT2D eigenvalue weighted by molar-refractivity contribution is -0.166. The van der Waals surface area contributed by atoms with E-state index in [2.05, 4.69) is 38.2 Å². The lowest BCUT2D eigenvalue weighted by Crippen LogP contribution is -2.31. The molecule has 1 amide bonds. The number of hydroxylamine groups is 2. The van der Waals surface area contributed by atoms with Gasteiger partial charge in [-0.2, -0.15) is 0 Å². The summed E-state index contributed by atoms with van der Waals surface area (Å²) in [6.07, 6.45) is 0. The van der Waals surface area contributed by atoms with E-state index in [1.807, 2.05) is 12.1 Å². The Kier molecular flexibility index (Phi) is 4.73. The second kappa shape index (κ2) is 5.87. The van der Waals surface area contributed by atoms with Crippen molar-refractivity contribution in [2.24, 2.45) is 0 Å². The Balaban J connectivity index is 2.66. The molecular formula is C14H22N2O2. The Morgan fingerprint density at radius 3 is 2.61 bits per heavy atom. The molecule has 0 heterocycles. The molecule has 1 aromatic rings. The molecular weight excluding hydrogens is 228 g/mol. The third kappa shape index (κ3) is 4.04. The maximum Gasteiger partial charge on any atom is 0.265 e. The van der Waals surface area contributed by atoms with Crippen molar-refractivity contribution in [2.75, 3.05) is 26.0 Å². The Bertz CT molecular complexity index is 411. The molecule has 1 rings (SSSR count). The minimum atomic E-state index is -0.112. The van der Waals surface area contributed by atoms with Crippen molar-refractivity contribution >= 4 is 11.6 Å². The third-order valence-corrected chi connectivity index (χ3v) is 2.80. The van der Waals surface area contributed by atoms with Crippen LogP contribution in [0.1, 0.15) is 26.3 Å². The molecule has 0 spiro atoms. The van der Waals surface area contributed by atoms with Gasteiger partial charge in [-0.25, -0.2) is 5.06 Å². The number of anilines is 1. The van der Waals surface area contributed by atoms with Crippen LogP contribution in [-0.4, -0.2) is 31.7 Å². The molecule has 0 bridgehead atoms. The van der Waals surface area contributed by atoms with E-state index in [0.717, 1.165) is 5.69 Å². The van der Waals surface area contributed by atoms with E-state index in [9.17, 15) is 4.79 Å². The molecule has 0 aliphatic heterocycles. The number of carbonyl (C=O) groups excluding carboxylic acids is 1. The number of hydrogen-bond acceptors (Lipinski definition) is 3. The number of carbonyl (C=O) groups is 1. The fourth-order valence-corrected chi connectivity index (χ4v) is 1.49. The quantitative estimate of drug-likeness (QED) is 0.834. The molecule has 0 aliphatic carbocycles. The largest absolute Gasteiger partial charge is 0.376 e. The van der Waals surface area contributed by atoms with E-state index in [4.69, 9.17) is 4.84 Å². The summed E-state index contributed by atoms with van der Waals surface area (Å²) in [4.78, 5) is 16.4. The monoisotopic (exact) mass is 250 g/mol. The zero-order chi connectivity index (χ0) is 13.8. The van der Waals surface area contributed by atoms with Gasteiger partial charge in [-0.05, 0) is 23.1 Å². The highest BCUT2D eigenvalue weighted by Crippen LogP contribution is 2.24. The van der Waals surface area contributed by atoms with Gasteiger partial charge in [-0.15, -0.1) is 0 Å². The standard InChI is InChI=1S/C14H22N2O2/c1-14(2,3)11-7-6-8-12(9-11)15-10-13(17)16(4)18-5/h6-9,15H,10H2,1-5H3. The first kappa shape index (κ1) is 14.5. The van der Waals surface area contributed by atoms with E-state index in [-0.39, 0.29) is 17.9 Å². The second-order valence-corrected chi connectivity index (χ2v) is 5.26. The smallest absolute Gasteiger partial charge is 0.265 e. The van der Waals surface area contributed by atoms with E-state index < -0.39 is 0 Å². The number of benzene rings is 1. The summed E-state index contributed by atoms with van der Waals surface area (Å²) < 4.78 is 0. The molecule has 18 heavy (non-hydrogen) atoms. The predicted molar refractivity (Wildman–Crippen MR) is 73.4 cm³/mol. The van der Waals surface area contributed by atoms with Crippen molar-refractivity contribution in [3.63, 3.8) is 0 Å². The van der Waals surface area contributed by atoms with Crippen LogP contribution in [0.2, 0.25) is 0 Å². The molecule has 0 radical (unpaired) electrons. The van der Waals surface area contributed by atoms with Crippen LogP contribution in [0.25, 0.3) is 0 Å². The van der Waals surface area contributed by atoms with Gasteiger partial charge in [0.1, 0.15) is 0 Å². The minimum Gasteiger partial charge on any atom is -0.376 e. The Hall–Kier alpha value is -1.55. The average molecular weight is 250 g/mol. The molecule has 0 saturated carbocycles. The van der Waals surface area contributed by atoms with Gasteiger partial charge in [0.15, 0.2) is 0 Å². The van der Waals surface area contributed by atoms with Gasteiger partial charge in [0, 0.05) is 12.7 Å². The first-order valence-electron chi connectivity index (χ1n) is 5.99. The number of likely N-dealkylation sites (N-methyl/N-ethyl adjacent to an activating group) is 1. The van der Waals surface area contributed by atoms with E-state index in [0.29, 0.717) is 0 Å². The Morgan fingerprint density at radius 2 is 2.06 bits per heavy atom. The summed E-state index contributed by atoms with van der Waals surface area (Å²) >= 11 is 0. The molecule has 0 saturated heterocycles. The van der Waals surface area contributed by atoms with Crippen LogP contribution in [0.4, 0.5) is 5.69 Å². The summed E-state index contributed by atoms with van der Waals surface area (Å²) in [6.45, 7) is 6.71. The van der Waals surface area contributed by atoms with Gasteiger partial charge in [0.25, 0.3) is 5.91 Å². The fourth-order valence-electron chi connectivity index (χ4n) is 1.49. The predicted octanol–water partition coefficient (Wildman–Crippen LogP) is 2.42. The molecule has 100 valence electrons. The highest BCUT2D eigenvalue weighted by atomic mass is 16.7. The van der Waals surface area contributed by atoms with Crippen molar-refractivity contribution < 1.29 is 9.63 Å². The summed E-state index contributed by atoms with van der Waals surface area (Å²) in [7, 11) is 3.06. The van der Waals surface area contributed by atoms with Crippen LogP contribution in [-0.2, 0) is 15.0 Å². The highest BCUT2D eigenvalue weighted by molar-refractivity contribution is 5.79. The molecule has 4 heteroatoms. The van der Waals surface area contributed by atoms with Gasteiger partial charge < -0.3 is 5.32 Å². The van der Waals surface area contributed by atoms with Gasteiger partial charge in [-0.1, -0.05) is 32.9 Å². The van der Waals surface area contributed by atoms with Crippen LogP contribution in [0.5, 0.6) is 0 Å². The van der Waals surface area contributed by atoms with Crippen LogP contribution >= 0.6 is 0 Å². The number of nitrogens with zero attached hydrogens (tertiary/aromatic N) is 1. The molecule has 0 unspecified atom stereocenters. The maximum absolute atomic E-state index is 11.6. The summed E-state index contributed by atoms with van der Waals surface area (Å²) in [6, 6.07) is 8.11. The molecule has 0 atom stereocenters. The zero-order valence-electron chi connectivity index (χ0n) is 11.8. The Labute approximate surface area is 109 Å². The SMILES string of the molecule is CON(C)C(=O)CNc1cccc(C(C)(C)C)c1. The Morgan fingerprint density at radius 1 is 1.39 bits per heavy atom. The zero-order valence-corrected chi connectivity index (χ0v) is 11.8. The van der Waals surface area contributed by atoms with Gasteiger partial charge in [0.2, 0.25) is 0 Å². The summed E-state index contributed by atoms with van der Waals surface area (Å²) in [5.41, 5.74) is 2.28. The lowest BCUT2D eigenvalue weighted by atomic mass is 9.87. The van der Waals surface area contributed by atoms with Crippen molar-refractivity contribution in [1.29, 1.82) is 0 Å². The van der Waals surface area contributed by atoms with Crippen molar-refractivity contribution in [1.82, 2.24) is 5.06 Å². The topological polar surface area (TPSA) is 41.6 Å². The maximum atomic E-state index is 11.6. The minimum absolute atomic E-state index is 0.102. The fraction of sp³-hybridized carbons (Fsp3) is 0.500. The molecule has 0 aromatic heterocycles. The lowest BCUT2D eigenvalue weighted by Gasteiger charge is -2.20. The van der Waals surface area contributed by atoms with E-state index >= 15 is 0 Å². The molecule has 1 N–H and O–H groups in total. The van der Waals surface area contributed by atoms with E-state index in [1.54, 1.807) is 7.05 Å². The first-order chi connectivity index (χ1) is 8.34. The number of nitrogens with one attached hydrogen (secondary N) is 1. The van der Waals surface area contributed by atoms with Crippen molar-refractivity contribution in [3.8, 4) is 0 Å². The van der Waals surface area contributed by atoms with Crippen LogP contribution < -0.4 is 5.32 Å². The third-order valence-electron chi connectivity index (χ3n) is 2.80. The molecule has 1 aromatic carbocycles. The van der Waals surface area contributed by atoms with Crippen molar-refractivity contribution in [3.05, 3.63) is 29.8 Å². The molecule has 0 fully saturated rings. The van der Waals surface area contributed by atoms with Gasteiger partial charge >= 0.3 is 0 Å². The van der Waals surface area contributed by atoms with Crippen molar-refractivity contribution in [2.45, 2.75) is 26.2 Å². The van der Waals surface area contributed by atoms with Crippen LogP contribution in [0.3, 0.4) is 0 Å². The normalized spacial score (nSPS) is 11.2. The summed E-state index contributed by atoms with van der Waals surface area (Å²) in [5.74, 6) is -0.112. The summed E-state index contributed by atoms with van der Waals surface area (Å²) in [5, 5.41) is 4.31. The van der Waals surface area contributed by atoms with Gasteiger partial charge in [-0.3, -0.25) is 9.63 Å². The second-order valence-electron chi connectivity index (χ2n) is 5.26. The van der Waals surface area contributed by atoms with Crippen LogP contribution in [0.15, 0.2) is 24.3 Å². The number of rotatable bonds is 4. The number of amides is 1.